The number of rotatable bonds is 4. The predicted molar refractivity (Wildman–Crippen MR) is 107 cm³/mol. The van der Waals surface area contributed by atoms with Gasteiger partial charge >= 0.3 is 0 Å². The number of imidazole rings is 2. The molecule has 0 aliphatic rings. The molecule has 0 amide bonds. The fraction of sp³-hybridized carbons (Fsp3) is 0. The molecule has 128 valence electrons. The zero-order valence-electron chi connectivity index (χ0n) is 13.3. The van der Waals surface area contributed by atoms with Crippen molar-refractivity contribution in [1.82, 2.24) is 19.9 Å². The first-order valence-electron chi connectivity index (χ1n) is 7.77. The first-order chi connectivity index (χ1) is 12.6. The summed E-state index contributed by atoms with van der Waals surface area (Å²) in [4.78, 5) is 27.3. The van der Waals surface area contributed by atoms with Gasteiger partial charge in [-0.1, -0.05) is 56.1 Å². The number of halogens is 2. The van der Waals surface area contributed by atoms with Crippen LogP contribution in [0.4, 0.5) is 0 Å². The van der Waals surface area contributed by atoms with Crippen molar-refractivity contribution in [3.63, 3.8) is 0 Å². The van der Waals surface area contributed by atoms with Crippen molar-refractivity contribution in [3.8, 4) is 22.5 Å². The van der Waals surface area contributed by atoms with Crippen LogP contribution < -0.4 is 0 Å². The zero-order chi connectivity index (χ0) is 18.1. The van der Waals surface area contributed by atoms with Crippen molar-refractivity contribution < 1.29 is 4.79 Å². The normalized spacial score (nSPS) is 10.8. The molecule has 0 aliphatic heterocycles. The Morgan fingerprint density at radius 3 is 1.46 bits per heavy atom. The molecule has 5 nitrogen and oxygen atoms in total. The number of benzene rings is 2. The summed E-state index contributed by atoms with van der Waals surface area (Å²) in [5, 5.41) is 0. The fourth-order valence-corrected chi connectivity index (χ4v) is 3.05. The van der Waals surface area contributed by atoms with Gasteiger partial charge in [-0.2, -0.15) is 0 Å². The molecule has 7 heteroatoms. The molecule has 2 aromatic carbocycles. The highest BCUT2D eigenvalue weighted by Crippen LogP contribution is 2.22. The summed E-state index contributed by atoms with van der Waals surface area (Å²) in [5.41, 5.74) is 3.28. The minimum absolute atomic E-state index is 0.250. The average molecular weight is 472 g/mol. The lowest BCUT2D eigenvalue weighted by Gasteiger charge is -1.96. The van der Waals surface area contributed by atoms with Gasteiger partial charge in [0.1, 0.15) is 0 Å². The Morgan fingerprint density at radius 1 is 0.692 bits per heavy atom. The number of hydrogen-bond acceptors (Lipinski definition) is 3. The van der Waals surface area contributed by atoms with Crippen LogP contribution in [-0.4, -0.2) is 25.7 Å². The Bertz CT molecular complexity index is 980. The summed E-state index contributed by atoms with van der Waals surface area (Å²) in [6.45, 7) is 0. The van der Waals surface area contributed by atoms with Gasteiger partial charge in [-0.3, -0.25) is 4.79 Å². The van der Waals surface area contributed by atoms with Crippen molar-refractivity contribution in [1.29, 1.82) is 0 Å². The van der Waals surface area contributed by atoms with Gasteiger partial charge in [-0.05, 0) is 24.3 Å². The van der Waals surface area contributed by atoms with E-state index < -0.39 is 0 Å². The van der Waals surface area contributed by atoms with Gasteiger partial charge in [0.15, 0.2) is 11.6 Å². The smallest absolute Gasteiger partial charge is 0.263 e. The highest BCUT2D eigenvalue weighted by Gasteiger charge is 2.18. The van der Waals surface area contributed by atoms with Gasteiger partial charge in [0.25, 0.3) is 5.78 Å². The average Bonchev–Trinajstić information content (AvgIpc) is 3.32. The molecule has 2 heterocycles. The third-order valence-electron chi connectivity index (χ3n) is 3.87. The molecule has 0 saturated carbocycles. The standard InChI is InChI=1S/C19H12Br2N4O/c20-13-5-1-11(2-6-13)15-9-22-18(24-15)17(26)19-23-10-16(25-19)12-3-7-14(21)8-4-12/h1-10H,(H,22,24)(H,23,25). The topological polar surface area (TPSA) is 74.4 Å². The molecule has 0 bridgehead atoms. The maximum atomic E-state index is 12.6. The molecule has 26 heavy (non-hydrogen) atoms. The van der Waals surface area contributed by atoms with Gasteiger partial charge in [0.05, 0.1) is 11.4 Å². The Morgan fingerprint density at radius 2 is 1.08 bits per heavy atom. The molecule has 0 fully saturated rings. The number of aromatic amines is 2. The third-order valence-corrected chi connectivity index (χ3v) is 4.92. The number of hydrogen-bond donors (Lipinski definition) is 2. The van der Waals surface area contributed by atoms with Gasteiger partial charge in [-0.25, -0.2) is 9.97 Å². The maximum absolute atomic E-state index is 12.6. The molecule has 4 rings (SSSR count). The lowest BCUT2D eigenvalue weighted by Crippen LogP contribution is -2.05. The minimum atomic E-state index is -0.281. The van der Waals surface area contributed by atoms with E-state index in [2.05, 4.69) is 51.8 Å². The fourth-order valence-electron chi connectivity index (χ4n) is 2.53. The monoisotopic (exact) mass is 470 g/mol. The molecule has 0 unspecified atom stereocenters. The van der Waals surface area contributed by atoms with Crippen molar-refractivity contribution >= 4 is 37.6 Å². The van der Waals surface area contributed by atoms with Crippen molar-refractivity contribution in [3.05, 3.63) is 81.5 Å². The van der Waals surface area contributed by atoms with E-state index in [9.17, 15) is 4.79 Å². The van der Waals surface area contributed by atoms with Crippen LogP contribution >= 0.6 is 31.9 Å². The predicted octanol–water partition coefficient (Wildman–Crippen LogP) is 5.22. The van der Waals surface area contributed by atoms with E-state index in [-0.39, 0.29) is 17.4 Å². The molecular formula is C19H12Br2N4O. The van der Waals surface area contributed by atoms with Crippen LogP contribution in [0, 0.1) is 0 Å². The Balaban J connectivity index is 1.58. The second-order valence-electron chi connectivity index (χ2n) is 5.61. The lowest BCUT2D eigenvalue weighted by atomic mass is 10.2. The number of aromatic nitrogens is 4. The highest BCUT2D eigenvalue weighted by molar-refractivity contribution is 9.10. The molecule has 0 atom stereocenters. The van der Waals surface area contributed by atoms with Crippen molar-refractivity contribution in [2.45, 2.75) is 0 Å². The summed E-state index contributed by atoms with van der Waals surface area (Å²) in [6, 6.07) is 15.5. The molecule has 0 saturated heterocycles. The molecule has 4 aromatic rings. The van der Waals surface area contributed by atoms with Crippen molar-refractivity contribution in [2.24, 2.45) is 0 Å². The third kappa shape index (κ3) is 3.40. The quantitative estimate of drug-likeness (QED) is 0.400. The Kier molecular flexibility index (Phi) is 4.57. The van der Waals surface area contributed by atoms with E-state index >= 15 is 0 Å². The molecule has 2 aromatic heterocycles. The van der Waals surface area contributed by atoms with Crippen LogP contribution in [0.3, 0.4) is 0 Å². The minimum Gasteiger partial charge on any atom is -0.341 e. The van der Waals surface area contributed by atoms with Crippen LogP contribution in [0.2, 0.25) is 0 Å². The van der Waals surface area contributed by atoms with E-state index in [0.29, 0.717) is 11.4 Å². The summed E-state index contributed by atoms with van der Waals surface area (Å²) in [5.74, 6) is 0.218. The number of H-pyrrole nitrogens is 2. The van der Waals surface area contributed by atoms with Gasteiger partial charge in [-0.15, -0.1) is 0 Å². The Hall–Kier alpha value is -2.51. The SMILES string of the molecule is O=C(c1nc(-c2ccc(Br)cc2)c[nH]1)c1nc(-c2ccc(Br)cc2)c[nH]1. The van der Waals surface area contributed by atoms with E-state index in [1.165, 1.54) is 0 Å². The van der Waals surface area contributed by atoms with Gasteiger partial charge in [0.2, 0.25) is 0 Å². The highest BCUT2D eigenvalue weighted by atomic mass is 79.9. The first kappa shape index (κ1) is 16.9. The molecule has 0 aliphatic carbocycles. The summed E-state index contributed by atoms with van der Waals surface area (Å²) >= 11 is 6.81. The zero-order valence-corrected chi connectivity index (χ0v) is 16.5. The van der Waals surface area contributed by atoms with Crippen LogP contribution in [-0.2, 0) is 0 Å². The summed E-state index contributed by atoms with van der Waals surface area (Å²) < 4.78 is 1.98. The number of ketones is 1. The number of carbonyl (C=O) groups is 1. The molecule has 0 spiro atoms. The van der Waals surface area contributed by atoms with Gasteiger partial charge in [0, 0.05) is 32.5 Å². The van der Waals surface area contributed by atoms with Crippen LogP contribution in [0.25, 0.3) is 22.5 Å². The van der Waals surface area contributed by atoms with Gasteiger partial charge < -0.3 is 9.97 Å². The Labute approximate surface area is 166 Å². The summed E-state index contributed by atoms with van der Waals surface area (Å²) in [7, 11) is 0. The molecular weight excluding hydrogens is 460 g/mol. The maximum Gasteiger partial charge on any atom is 0.263 e. The number of nitrogens with zero attached hydrogens (tertiary/aromatic N) is 2. The first-order valence-corrected chi connectivity index (χ1v) is 9.36. The largest absolute Gasteiger partial charge is 0.341 e. The lowest BCUT2D eigenvalue weighted by molar-refractivity contribution is 0.102. The summed E-state index contributed by atoms with van der Waals surface area (Å²) in [6.07, 6.45) is 3.43. The van der Waals surface area contributed by atoms with E-state index in [4.69, 9.17) is 0 Å². The van der Waals surface area contributed by atoms with Crippen LogP contribution in [0.5, 0.6) is 0 Å². The molecule has 2 N–H and O–H groups in total. The van der Waals surface area contributed by atoms with E-state index in [0.717, 1.165) is 20.1 Å². The van der Waals surface area contributed by atoms with E-state index in [1.54, 1.807) is 12.4 Å². The number of carbonyl (C=O) groups excluding carboxylic acids is 1. The second kappa shape index (κ2) is 7.01. The molecule has 0 radical (unpaired) electrons. The van der Waals surface area contributed by atoms with Crippen LogP contribution in [0.15, 0.2) is 69.9 Å². The number of nitrogens with one attached hydrogen (secondary N) is 2. The van der Waals surface area contributed by atoms with Crippen LogP contribution in [0.1, 0.15) is 16.4 Å². The second-order valence-corrected chi connectivity index (χ2v) is 7.44. The van der Waals surface area contributed by atoms with E-state index in [1.807, 2.05) is 48.5 Å². The van der Waals surface area contributed by atoms with Crippen molar-refractivity contribution in [2.75, 3.05) is 0 Å².